The van der Waals surface area contributed by atoms with Gasteiger partial charge in [-0.05, 0) is 39.5 Å². The van der Waals surface area contributed by atoms with Gasteiger partial charge in [-0.3, -0.25) is 0 Å². The summed E-state index contributed by atoms with van der Waals surface area (Å²) in [5.74, 6) is -0.573. The van der Waals surface area contributed by atoms with Gasteiger partial charge < -0.3 is 28.4 Å². The fraction of sp³-hybridized carbons (Fsp3) is 0.812. The maximum atomic E-state index is 5.49. The van der Waals surface area contributed by atoms with Crippen LogP contribution in [0, 0.1) is 0 Å². The maximum absolute atomic E-state index is 5.49. The predicted octanol–water partition coefficient (Wildman–Crippen LogP) is 9.11. The molecule has 0 fully saturated rings. The van der Waals surface area contributed by atoms with Crippen LogP contribution in [-0.4, -0.2) is 54.2 Å². The molecule has 6 nitrogen and oxygen atoms in total. The van der Waals surface area contributed by atoms with E-state index in [1.807, 2.05) is 44.2 Å². The predicted molar refractivity (Wildman–Crippen MR) is 162 cm³/mol. The molecule has 0 saturated carbocycles. The van der Waals surface area contributed by atoms with E-state index in [9.17, 15) is 0 Å². The number of methoxy groups -OCH3 is 4. The molecule has 0 atom stereocenters. The van der Waals surface area contributed by atoms with E-state index in [0.717, 1.165) is 44.5 Å². The molecule has 6 heteroatoms. The molecule has 38 heavy (non-hydrogen) atoms. The molecule has 0 bridgehead atoms. The number of unbranched alkanes of at least 4 members (excludes halogenated alkanes) is 3. The van der Waals surface area contributed by atoms with E-state index in [2.05, 4.69) is 34.6 Å². The van der Waals surface area contributed by atoms with Crippen LogP contribution in [0.2, 0.25) is 0 Å². The Balaban J connectivity index is -0.000000461. The molecule has 0 heterocycles. The highest BCUT2D eigenvalue weighted by Gasteiger charge is 2.30. The van der Waals surface area contributed by atoms with Crippen LogP contribution in [0.15, 0.2) is 30.3 Å². The molecule has 0 spiro atoms. The van der Waals surface area contributed by atoms with Crippen LogP contribution in [0.1, 0.15) is 118 Å². The summed E-state index contributed by atoms with van der Waals surface area (Å²) in [6.45, 7) is 16.3. The fourth-order valence-electron chi connectivity index (χ4n) is 3.35. The molecule has 0 aliphatic rings. The molecule has 0 unspecified atom stereocenters. The Labute approximate surface area is 237 Å². The second-order valence-electron chi connectivity index (χ2n) is 8.80. The van der Waals surface area contributed by atoms with Crippen molar-refractivity contribution in [2.24, 2.45) is 0 Å². The lowest BCUT2D eigenvalue weighted by atomic mass is 10.0. The number of hydrogen-bond donors (Lipinski definition) is 0. The first-order chi connectivity index (χ1) is 18.4. The first-order valence-corrected chi connectivity index (χ1v) is 14.8. The van der Waals surface area contributed by atoms with Gasteiger partial charge in [-0.2, -0.15) is 0 Å². The van der Waals surface area contributed by atoms with E-state index in [0.29, 0.717) is 0 Å². The van der Waals surface area contributed by atoms with Crippen LogP contribution < -0.4 is 0 Å². The van der Waals surface area contributed by atoms with E-state index >= 15 is 0 Å². The van der Waals surface area contributed by atoms with Gasteiger partial charge >= 0.3 is 0 Å². The first kappa shape index (κ1) is 41.5. The van der Waals surface area contributed by atoms with Gasteiger partial charge in [0.2, 0.25) is 0 Å². The highest BCUT2D eigenvalue weighted by atomic mass is 16.7. The van der Waals surface area contributed by atoms with Crippen LogP contribution in [0.4, 0.5) is 0 Å². The molecule has 0 aliphatic heterocycles. The molecule has 0 amide bonds. The SMILES string of the molecule is CCCC.CCCC(OC)(OC)c1ccccc1.CCCCC(OC)OC.CCCCC(OCC)OCC. The second-order valence-corrected chi connectivity index (χ2v) is 8.80. The van der Waals surface area contributed by atoms with Crippen molar-refractivity contribution in [3.8, 4) is 0 Å². The molecule has 0 saturated heterocycles. The lowest BCUT2D eigenvalue weighted by Crippen LogP contribution is -2.30. The lowest BCUT2D eigenvalue weighted by molar-refractivity contribution is -0.220. The normalized spacial score (nSPS) is 10.8. The van der Waals surface area contributed by atoms with Crippen molar-refractivity contribution in [2.45, 2.75) is 131 Å². The molecule has 0 aliphatic carbocycles. The summed E-state index contributed by atoms with van der Waals surface area (Å²) in [5, 5.41) is 0. The van der Waals surface area contributed by atoms with E-state index in [4.69, 9.17) is 28.4 Å². The quantitative estimate of drug-likeness (QED) is 0.172. The van der Waals surface area contributed by atoms with Crippen molar-refractivity contribution < 1.29 is 28.4 Å². The second kappa shape index (κ2) is 32.2. The van der Waals surface area contributed by atoms with E-state index in [1.165, 1.54) is 38.5 Å². The summed E-state index contributed by atoms with van der Waals surface area (Å²) in [5.41, 5.74) is 1.08. The van der Waals surface area contributed by atoms with Gasteiger partial charge in [0.05, 0.1) is 0 Å². The largest absolute Gasteiger partial charge is 0.356 e. The zero-order valence-corrected chi connectivity index (χ0v) is 27.0. The Bertz CT molecular complexity index is 524. The van der Waals surface area contributed by atoms with Gasteiger partial charge in [0, 0.05) is 53.6 Å². The summed E-state index contributed by atoms with van der Waals surface area (Å²) in [6.07, 6.45) is 11.4. The van der Waals surface area contributed by atoms with E-state index in [1.54, 1.807) is 28.4 Å². The van der Waals surface area contributed by atoms with Crippen molar-refractivity contribution >= 4 is 0 Å². The third-order valence-corrected chi connectivity index (χ3v) is 5.77. The Kier molecular flexibility index (Phi) is 35.1. The Morgan fingerprint density at radius 1 is 0.579 bits per heavy atom. The van der Waals surface area contributed by atoms with Crippen LogP contribution >= 0.6 is 0 Å². The van der Waals surface area contributed by atoms with E-state index in [-0.39, 0.29) is 12.6 Å². The fourth-order valence-corrected chi connectivity index (χ4v) is 3.35. The van der Waals surface area contributed by atoms with Gasteiger partial charge in [-0.15, -0.1) is 0 Å². The maximum Gasteiger partial charge on any atom is 0.194 e. The third kappa shape index (κ3) is 22.9. The molecule has 0 N–H and O–H groups in total. The highest BCUT2D eigenvalue weighted by Crippen LogP contribution is 2.30. The van der Waals surface area contributed by atoms with Crippen LogP contribution in [0.25, 0.3) is 0 Å². The standard InChI is InChI=1S/C12H18O2.C9H20O2.C7H16O2.C4H10/c1-4-10-12(13-2,14-3)11-8-6-5-7-9-11;1-4-7-8-9(10-5-2)11-6-3;1-4-5-6-7(8-2)9-3;1-3-4-2/h5-9H,4,10H2,1-3H3;9H,4-8H2,1-3H3;7H,4-6H2,1-3H3;3-4H2,1-2H3. The minimum atomic E-state index is -0.573. The van der Waals surface area contributed by atoms with Crippen LogP contribution in [0.3, 0.4) is 0 Å². The molecular weight excluding hydrogens is 480 g/mol. The zero-order chi connectivity index (χ0) is 29.5. The minimum absolute atomic E-state index is 0.00458. The van der Waals surface area contributed by atoms with Gasteiger partial charge in [0.1, 0.15) is 0 Å². The van der Waals surface area contributed by atoms with Crippen LogP contribution in [-0.2, 0) is 34.2 Å². The van der Waals surface area contributed by atoms with E-state index < -0.39 is 5.79 Å². The lowest BCUT2D eigenvalue weighted by Gasteiger charge is -2.31. The zero-order valence-electron chi connectivity index (χ0n) is 27.0. The van der Waals surface area contributed by atoms with Crippen LogP contribution in [0.5, 0.6) is 0 Å². The number of rotatable bonds is 18. The summed E-state index contributed by atoms with van der Waals surface area (Å²) >= 11 is 0. The van der Waals surface area contributed by atoms with Crippen molar-refractivity contribution in [1.82, 2.24) is 0 Å². The summed E-state index contributed by atoms with van der Waals surface area (Å²) in [4.78, 5) is 0. The topological polar surface area (TPSA) is 55.4 Å². The average Bonchev–Trinajstić information content (AvgIpc) is 2.97. The van der Waals surface area contributed by atoms with Gasteiger partial charge in [0.25, 0.3) is 0 Å². The molecule has 1 aromatic rings. The summed E-state index contributed by atoms with van der Waals surface area (Å²) in [7, 11) is 6.71. The Hall–Kier alpha value is -1.02. The molecular formula is C32H64O6. The smallest absolute Gasteiger partial charge is 0.194 e. The Morgan fingerprint density at radius 2 is 1.03 bits per heavy atom. The van der Waals surface area contributed by atoms with Crippen molar-refractivity contribution in [3.63, 3.8) is 0 Å². The number of benzene rings is 1. The highest BCUT2D eigenvalue weighted by molar-refractivity contribution is 5.20. The third-order valence-electron chi connectivity index (χ3n) is 5.77. The molecule has 0 radical (unpaired) electrons. The van der Waals surface area contributed by atoms with Crippen molar-refractivity contribution in [1.29, 1.82) is 0 Å². The number of hydrogen-bond acceptors (Lipinski definition) is 6. The van der Waals surface area contributed by atoms with Crippen molar-refractivity contribution in [2.75, 3.05) is 41.7 Å². The van der Waals surface area contributed by atoms with Gasteiger partial charge in [0.15, 0.2) is 18.4 Å². The number of ether oxygens (including phenoxy) is 6. The monoisotopic (exact) mass is 544 g/mol. The van der Waals surface area contributed by atoms with Gasteiger partial charge in [-0.25, -0.2) is 0 Å². The first-order valence-electron chi connectivity index (χ1n) is 14.8. The average molecular weight is 545 g/mol. The summed E-state index contributed by atoms with van der Waals surface area (Å²) < 4.78 is 31.7. The molecule has 1 rings (SSSR count). The minimum Gasteiger partial charge on any atom is -0.356 e. The molecule has 228 valence electrons. The summed E-state index contributed by atoms with van der Waals surface area (Å²) in [6, 6.07) is 10.0. The van der Waals surface area contributed by atoms with Gasteiger partial charge in [-0.1, -0.05) is 97.1 Å². The Morgan fingerprint density at radius 3 is 1.34 bits per heavy atom. The van der Waals surface area contributed by atoms with Crippen molar-refractivity contribution in [3.05, 3.63) is 35.9 Å². The molecule has 0 aromatic heterocycles. The molecule has 1 aromatic carbocycles.